The summed E-state index contributed by atoms with van der Waals surface area (Å²) in [5.41, 5.74) is 5.15. The van der Waals surface area contributed by atoms with E-state index in [2.05, 4.69) is 53.5 Å². The maximum absolute atomic E-state index is 2.60. The molecule has 0 radical (unpaired) electrons. The molecule has 1 unspecified atom stereocenters. The fraction of sp³-hybridized carbons (Fsp3) is 0.733. The van der Waals surface area contributed by atoms with Crippen molar-refractivity contribution in [1.82, 2.24) is 0 Å². The first kappa shape index (κ1) is 13.8. The van der Waals surface area contributed by atoms with Crippen molar-refractivity contribution in [2.75, 3.05) is 0 Å². The molecule has 0 fully saturated rings. The Bertz CT molecular complexity index is 378. The summed E-state index contributed by atoms with van der Waals surface area (Å²) in [7, 11) is -0.999. The first-order chi connectivity index (χ1) is 7.88. The zero-order valence-electron chi connectivity index (χ0n) is 11.8. The first-order valence-electron chi connectivity index (χ1n) is 7.05. The molecule has 2 heteroatoms. The van der Waals surface area contributed by atoms with E-state index in [-0.39, 0.29) is 0 Å². The van der Waals surface area contributed by atoms with Gasteiger partial charge in [0.15, 0.2) is 0 Å². The van der Waals surface area contributed by atoms with E-state index in [4.69, 9.17) is 0 Å². The molecular weight excluding hydrogens is 256 g/mol. The van der Waals surface area contributed by atoms with Crippen LogP contribution >= 0.6 is 0 Å². The third-order valence-corrected chi connectivity index (χ3v) is 9.61. The molecule has 0 saturated carbocycles. The van der Waals surface area contributed by atoms with Gasteiger partial charge in [0.1, 0.15) is 0 Å². The van der Waals surface area contributed by atoms with Gasteiger partial charge >= 0.3 is 120 Å². The monoisotopic (exact) mass is 281 g/mol. The quantitative estimate of drug-likeness (QED) is 0.620. The van der Waals surface area contributed by atoms with Gasteiger partial charge in [-0.1, -0.05) is 0 Å². The van der Waals surface area contributed by atoms with Crippen molar-refractivity contribution >= 4 is 8.07 Å². The first-order valence-corrected chi connectivity index (χ1v) is 11.2. The number of allylic oxidation sites excluding steroid dienone is 4. The van der Waals surface area contributed by atoms with Gasteiger partial charge in [-0.05, 0) is 0 Å². The van der Waals surface area contributed by atoms with Gasteiger partial charge < -0.3 is 0 Å². The molecule has 0 nitrogen and oxygen atoms in total. The molecule has 0 aromatic heterocycles. The van der Waals surface area contributed by atoms with Crippen molar-refractivity contribution in [2.45, 2.75) is 68.4 Å². The van der Waals surface area contributed by atoms with E-state index in [1.54, 1.807) is 11.1 Å². The Morgan fingerprint density at radius 1 is 1.29 bits per heavy atom. The molecule has 0 saturated heterocycles. The Morgan fingerprint density at radius 2 is 1.94 bits per heavy atom. The number of hydrogen-bond acceptors (Lipinski definition) is 0. The van der Waals surface area contributed by atoms with Gasteiger partial charge in [-0.25, -0.2) is 0 Å². The Labute approximate surface area is 119 Å². The van der Waals surface area contributed by atoms with Crippen molar-refractivity contribution in [2.24, 2.45) is 0 Å². The number of rotatable bonds is 3. The van der Waals surface area contributed by atoms with Gasteiger partial charge in [-0.2, -0.15) is 0 Å². The molecule has 0 bridgehead atoms. The van der Waals surface area contributed by atoms with Crippen LogP contribution in [0.2, 0.25) is 28.9 Å². The van der Waals surface area contributed by atoms with Crippen LogP contribution in [0.3, 0.4) is 0 Å². The van der Waals surface area contributed by atoms with Crippen molar-refractivity contribution in [3.8, 4) is 0 Å². The zero-order valence-corrected chi connectivity index (χ0v) is 14.4. The van der Waals surface area contributed by atoms with Crippen molar-refractivity contribution in [3.05, 3.63) is 22.8 Å². The Balaban J connectivity index is 2.29. The molecule has 0 N–H and O–H groups in total. The molecule has 0 aromatic carbocycles. The molecular formula is C15H25SiTi. The fourth-order valence-corrected chi connectivity index (χ4v) is 8.50. The van der Waals surface area contributed by atoms with Gasteiger partial charge in [0.05, 0.1) is 0 Å². The summed E-state index contributed by atoms with van der Waals surface area (Å²) in [5.74, 6) is 0. The topological polar surface area (TPSA) is 0 Å². The molecule has 0 spiro atoms. The van der Waals surface area contributed by atoms with Crippen molar-refractivity contribution in [3.63, 3.8) is 0 Å². The van der Waals surface area contributed by atoms with Gasteiger partial charge in [0.25, 0.3) is 0 Å². The summed E-state index contributed by atoms with van der Waals surface area (Å²) in [5, 5.41) is 0. The second-order valence-electron chi connectivity index (χ2n) is 6.66. The summed E-state index contributed by atoms with van der Waals surface area (Å²) < 4.78 is 0.422. The van der Waals surface area contributed by atoms with Crippen molar-refractivity contribution < 1.29 is 20.4 Å². The maximum atomic E-state index is 2.60. The zero-order chi connectivity index (χ0) is 12.7. The van der Waals surface area contributed by atoms with E-state index in [1.165, 1.54) is 37.8 Å². The van der Waals surface area contributed by atoms with E-state index in [0.717, 1.165) is 0 Å². The third kappa shape index (κ3) is 2.72. The molecule has 2 aliphatic carbocycles. The molecule has 0 amide bonds. The average molecular weight is 281 g/mol. The summed E-state index contributed by atoms with van der Waals surface area (Å²) in [6.07, 6.45) is 8.15. The second kappa shape index (κ2) is 4.83. The minimum atomic E-state index is -0.999. The standard InChI is InChI=1S/C15H25Si.Ti/c1-5-16(3,4)11-13-10-12(2)14-8-6-7-9-15(13)14;/h10H,5-9,11H2,1-4H3;. The van der Waals surface area contributed by atoms with Crippen LogP contribution in [-0.4, -0.2) is 8.07 Å². The third-order valence-electron chi connectivity index (χ3n) is 4.66. The summed E-state index contributed by atoms with van der Waals surface area (Å²) >= 11 is 2.51. The van der Waals surface area contributed by atoms with Gasteiger partial charge in [0, 0.05) is 0 Å². The SMILES string of the molecule is CC[Si](C)(C)C[C]1([Ti])C=C(C)C2=C1CCCC2. The molecule has 93 valence electrons. The van der Waals surface area contributed by atoms with Crippen LogP contribution in [0.4, 0.5) is 0 Å². The van der Waals surface area contributed by atoms with Crippen LogP contribution < -0.4 is 0 Å². The molecule has 2 aliphatic rings. The van der Waals surface area contributed by atoms with E-state index in [1.807, 2.05) is 5.57 Å². The molecule has 0 heterocycles. The predicted octanol–water partition coefficient (Wildman–Crippen LogP) is 5.25. The van der Waals surface area contributed by atoms with Crippen molar-refractivity contribution in [1.29, 1.82) is 0 Å². The molecule has 2 rings (SSSR count). The van der Waals surface area contributed by atoms with Crippen LogP contribution in [0.5, 0.6) is 0 Å². The molecule has 17 heavy (non-hydrogen) atoms. The normalized spacial score (nSPS) is 29.2. The summed E-state index contributed by atoms with van der Waals surface area (Å²) in [6, 6.07) is 2.87. The van der Waals surface area contributed by atoms with Crippen LogP contribution in [0.25, 0.3) is 0 Å². The van der Waals surface area contributed by atoms with Crippen LogP contribution in [0, 0.1) is 0 Å². The summed E-state index contributed by atoms with van der Waals surface area (Å²) in [6.45, 7) is 9.84. The second-order valence-corrected chi connectivity index (χ2v) is 13.4. The average Bonchev–Trinajstić information content (AvgIpc) is 2.51. The molecule has 0 aromatic rings. The molecule has 1 atom stereocenters. The Hall–Kier alpha value is 0.411. The van der Waals surface area contributed by atoms with Gasteiger partial charge in [-0.15, -0.1) is 0 Å². The summed E-state index contributed by atoms with van der Waals surface area (Å²) in [4.78, 5) is 0. The molecule has 0 aliphatic heterocycles. The minimum absolute atomic E-state index is 0.422. The predicted molar refractivity (Wildman–Crippen MR) is 74.7 cm³/mol. The van der Waals surface area contributed by atoms with Gasteiger partial charge in [0.2, 0.25) is 0 Å². The number of hydrogen-bond donors (Lipinski definition) is 0. The van der Waals surface area contributed by atoms with Crippen LogP contribution in [0.15, 0.2) is 22.8 Å². The van der Waals surface area contributed by atoms with Crippen LogP contribution in [0.1, 0.15) is 39.5 Å². The van der Waals surface area contributed by atoms with Gasteiger partial charge in [-0.3, -0.25) is 0 Å². The van der Waals surface area contributed by atoms with E-state index < -0.39 is 8.07 Å². The van der Waals surface area contributed by atoms with E-state index in [0.29, 0.717) is 3.72 Å². The Morgan fingerprint density at radius 3 is 2.59 bits per heavy atom. The van der Waals surface area contributed by atoms with E-state index in [9.17, 15) is 0 Å². The van der Waals surface area contributed by atoms with E-state index >= 15 is 0 Å². The van der Waals surface area contributed by atoms with Crippen LogP contribution in [-0.2, 0) is 20.4 Å². The fourth-order valence-electron chi connectivity index (χ4n) is 3.41. The Kier molecular flexibility index (Phi) is 3.93.